The standard InChI is InChI=1S/C16H30N2O/c17-13-15(12-14-8-4-1-2-5-9-14)16(19)18-10-6-3-7-11-18/h14-15H,1-13,17H2. The summed E-state index contributed by atoms with van der Waals surface area (Å²) in [6, 6.07) is 0. The van der Waals surface area contributed by atoms with Gasteiger partial charge in [-0.05, 0) is 31.6 Å². The smallest absolute Gasteiger partial charge is 0.226 e. The molecule has 1 aliphatic heterocycles. The summed E-state index contributed by atoms with van der Waals surface area (Å²) >= 11 is 0. The average Bonchev–Trinajstić information content (AvgIpc) is 2.73. The number of nitrogens with zero attached hydrogens (tertiary/aromatic N) is 1. The van der Waals surface area contributed by atoms with E-state index >= 15 is 0 Å². The molecule has 1 amide bonds. The van der Waals surface area contributed by atoms with Gasteiger partial charge in [-0.2, -0.15) is 0 Å². The summed E-state index contributed by atoms with van der Waals surface area (Å²) in [6.45, 7) is 2.45. The minimum Gasteiger partial charge on any atom is -0.342 e. The lowest BCUT2D eigenvalue weighted by Crippen LogP contribution is -2.42. The van der Waals surface area contributed by atoms with Gasteiger partial charge in [0.15, 0.2) is 0 Å². The van der Waals surface area contributed by atoms with E-state index in [1.807, 2.05) is 0 Å². The minimum absolute atomic E-state index is 0.0844. The third-order valence-corrected chi connectivity index (χ3v) is 4.89. The van der Waals surface area contributed by atoms with Gasteiger partial charge in [0.2, 0.25) is 5.91 Å². The highest BCUT2D eigenvalue weighted by Crippen LogP contribution is 2.29. The Balaban J connectivity index is 1.85. The molecule has 1 saturated heterocycles. The molecule has 0 aromatic heterocycles. The summed E-state index contributed by atoms with van der Waals surface area (Å²) < 4.78 is 0. The summed E-state index contributed by atoms with van der Waals surface area (Å²) in [7, 11) is 0. The van der Waals surface area contributed by atoms with Crippen molar-refractivity contribution in [2.24, 2.45) is 17.6 Å². The van der Waals surface area contributed by atoms with Gasteiger partial charge in [0.1, 0.15) is 0 Å². The van der Waals surface area contributed by atoms with E-state index in [1.165, 1.54) is 57.8 Å². The zero-order valence-electron chi connectivity index (χ0n) is 12.3. The first-order chi connectivity index (χ1) is 9.31. The molecule has 0 aromatic rings. The molecule has 0 radical (unpaired) electrons. The first-order valence-electron chi connectivity index (χ1n) is 8.30. The van der Waals surface area contributed by atoms with Crippen LogP contribution in [0.2, 0.25) is 0 Å². The van der Waals surface area contributed by atoms with E-state index in [4.69, 9.17) is 5.73 Å². The number of amides is 1. The molecule has 3 heteroatoms. The fraction of sp³-hybridized carbons (Fsp3) is 0.938. The van der Waals surface area contributed by atoms with Crippen LogP contribution in [0.1, 0.15) is 64.2 Å². The van der Waals surface area contributed by atoms with Crippen molar-refractivity contribution in [3.05, 3.63) is 0 Å². The van der Waals surface area contributed by atoms with Gasteiger partial charge >= 0.3 is 0 Å². The van der Waals surface area contributed by atoms with Crippen LogP contribution in [0, 0.1) is 11.8 Å². The van der Waals surface area contributed by atoms with E-state index in [0.717, 1.165) is 25.4 Å². The Kier molecular flexibility index (Phi) is 6.15. The number of rotatable bonds is 4. The maximum atomic E-state index is 12.5. The molecule has 2 rings (SSSR count). The molecule has 1 atom stereocenters. The number of piperidine rings is 1. The monoisotopic (exact) mass is 266 g/mol. The van der Waals surface area contributed by atoms with E-state index in [9.17, 15) is 4.79 Å². The van der Waals surface area contributed by atoms with Crippen molar-refractivity contribution >= 4 is 5.91 Å². The molecule has 0 aromatic carbocycles. The highest BCUT2D eigenvalue weighted by Gasteiger charge is 2.27. The molecule has 2 aliphatic rings. The fourth-order valence-corrected chi connectivity index (χ4v) is 3.67. The Morgan fingerprint density at radius 3 is 2.16 bits per heavy atom. The second-order valence-electron chi connectivity index (χ2n) is 6.41. The third-order valence-electron chi connectivity index (χ3n) is 4.89. The van der Waals surface area contributed by atoms with Crippen LogP contribution in [0.15, 0.2) is 0 Å². The van der Waals surface area contributed by atoms with Crippen molar-refractivity contribution in [1.29, 1.82) is 0 Å². The summed E-state index contributed by atoms with van der Waals surface area (Å²) in [4.78, 5) is 14.6. The first-order valence-corrected chi connectivity index (χ1v) is 8.30. The second kappa shape index (κ2) is 7.88. The van der Waals surface area contributed by atoms with E-state index in [2.05, 4.69) is 4.90 Å². The Morgan fingerprint density at radius 2 is 1.58 bits per heavy atom. The number of nitrogens with two attached hydrogens (primary N) is 1. The van der Waals surface area contributed by atoms with Crippen molar-refractivity contribution in [3.63, 3.8) is 0 Å². The van der Waals surface area contributed by atoms with Gasteiger partial charge in [0.25, 0.3) is 0 Å². The highest BCUT2D eigenvalue weighted by molar-refractivity contribution is 5.79. The lowest BCUT2D eigenvalue weighted by atomic mass is 9.88. The van der Waals surface area contributed by atoms with Crippen molar-refractivity contribution < 1.29 is 4.79 Å². The Labute approximate surface area is 117 Å². The van der Waals surface area contributed by atoms with Crippen molar-refractivity contribution in [3.8, 4) is 0 Å². The zero-order valence-corrected chi connectivity index (χ0v) is 12.3. The number of carbonyl (C=O) groups excluding carboxylic acids is 1. The highest BCUT2D eigenvalue weighted by atomic mass is 16.2. The molecule has 3 nitrogen and oxygen atoms in total. The minimum atomic E-state index is 0.0844. The van der Waals surface area contributed by atoms with Crippen LogP contribution in [0.25, 0.3) is 0 Å². The van der Waals surface area contributed by atoms with Gasteiger partial charge in [-0.1, -0.05) is 38.5 Å². The largest absolute Gasteiger partial charge is 0.342 e. The predicted molar refractivity (Wildman–Crippen MR) is 78.8 cm³/mol. The molecule has 0 bridgehead atoms. The lowest BCUT2D eigenvalue weighted by molar-refractivity contribution is -0.136. The van der Waals surface area contributed by atoms with Gasteiger partial charge in [-0.15, -0.1) is 0 Å². The summed E-state index contributed by atoms with van der Waals surface area (Å²) in [6.07, 6.45) is 12.7. The molecular formula is C16H30N2O. The Bertz CT molecular complexity index is 266. The van der Waals surface area contributed by atoms with Gasteiger partial charge < -0.3 is 10.6 Å². The lowest BCUT2D eigenvalue weighted by Gasteiger charge is -2.31. The van der Waals surface area contributed by atoms with E-state index in [-0.39, 0.29) is 5.92 Å². The quantitative estimate of drug-likeness (QED) is 0.795. The van der Waals surface area contributed by atoms with Crippen LogP contribution < -0.4 is 5.73 Å². The SMILES string of the molecule is NCC(CC1CCCCCC1)C(=O)N1CCCCC1. The van der Waals surface area contributed by atoms with Gasteiger partial charge in [-0.25, -0.2) is 0 Å². The summed E-state index contributed by atoms with van der Waals surface area (Å²) in [5.41, 5.74) is 5.89. The van der Waals surface area contributed by atoms with E-state index < -0.39 is 0 Å². The van der Waals surface area contributed by atoms with Crippen molar-refractivity contribution in [2.45, 2.75) is 64.2 Å². The van der Waals surface area contributed by atoms with Crippen LogP contribution in [0.3, 0.4) is 0 Å². The van der Waals surface area contributed by atoms with E-state index in [0.29, 0.717) is 12.5 Å². The second-order valence-corrected chi connectivity index (χ2v) is 6.41. The molecule has 0 spiro atoms. The van der Waals surface area contributed by atoms with Crippen LogP contribution >= 0.6 is 0 Å². The molecule has 1 saturated carbocycles. The number of hydrogen-bond donors (Lipinski definition) is 1. The maximum absolute atomic E-state index is 12.5. The average molecular weight is 266 g/mol. The van der Waals surface area contributed by atoms with Gasteiger partial charge in [0.05, 0.1) is 5.92 Å². The molecule has 1 heterocycles. The van der Waals surface area contributed by atoms with Crippen LogP contribution in [-0.2, 0) is 4.79 Å². The molecule has 19 heavy (non-hydrogen) atoms. The summed E-state index contributed by atoms with van der Waals surface area (Å²) in [5, 5.41) is 0. The molecule has 1 aliphatic carbocycles. The number of hydrogen-bond acceptors (Lipinski definition) is 2. The topological polar surface area (TPSA) is 46.3 Å². The van der Waals surface area contributed by atoms with Crippen LogP contribution in [0.5, 0.6) is 0 Å². The molecule has 1 unspecified atom stereocenters. The fourth-order valence-electron chi connectivity index (χ4n) is 3.67. The number of likely N-dealkylation sites (tertiary alicyclic amines) is 1. The molecular weight excluding hydrogens is 236 g/mol. The Morgan fingerprint density at radius 1 is 1.00 bits per heavy atom. The van der Waals surface area contributed by atoms with Gasteiger partial charge in [-0.3, -0.25) is 4.79 Å². The summed E-state index contributed by atoms with van der Waals surface area (Å²) in [5.74, 6) is 1.16. The predicted octanol–water partition coefficient (Wildman–Crippen LogP) is 2.93. The van der Waals surface area contributed by atoms with E-state index in [1.54, 1.807) is 0 Å². The maximum Gasteiger partial charge on any atom is 0.226 e. The Hall–Kier alpha value is -0.570. The normalized spacial score (nSPS) is 23.9. The van der Waals surface area contributed by atoms with Crippen molar-refractivity contribution in [2.75, 3.05) is 19.6 Å². The van der Waals surface area contributed by atoms with Crippen LogP contribution in [0.4, 0.5) is 0 Å². The molecule has 2 N–H and O–H groups in total. The zero-order chi connectivity index (χ0) is 13.5. The van der Waals surface area contributed by atoms with Crippen LogP contribution in [-0.4, -0.2) is 30.4 Å². The molecule has 2 fully saturated rings. The van der Waals surface area contributed by atoms with Gasteiger partial charge in [0, 0.05) is 19.6 Å². The van der Waals surface area contributed by atoms with Crippen molar-refractivity contribution in [1.82, 2.24) is 4.90 Å². The molecule has 110 valence electrons. The number of carbonyl (C=O) groups is 1. The first kappa shape index (κ1) is 14.8. The third kappa shape index (κ3) is 4.48.